The van der Waals surface area contributed by atoms with E-state index in [2.05, 4.69) is 6.92 Å². The van der Waals surface area contributed by atoms with E-state index < -0.39 is 11.4 Å². The van der Waals surface area contributed by atoms with Crippen LogP contribution in [0.5, 0.6) is 0 Å². The van der Waals surface area contributed by atoms with Gasteiger partial charge in [0, 0.05) is 19.8 Å². The number of aliphatic hydroxyl groups excluding tert-OH is 2. The molecule has 1 rings (SSSR count). The first-order chi connectivity index (χ1) is 10.2. The Morgan fingerprint density at radius 2 is 1.43 bits per heavy atom. The van der Waals surface area contributed by atoms with Crippen LogP contribution in [0.25, 0.3) is 0 Å². The van der Waals surface area contributed by atoms with E-state index in [0.29, 0.717) is 19.6 Å². The largest absolute Gasteiger partial charge is 0.394 e. The molecule has 8 nitrogen and oxygen atoms in total. The van der Waals surface area contributed by atoms with Crippen molar-refractivity contribution in [2.24, 2.45) is 0 Å². The second-order valence-electron chi connectivity index (χ2n) is 4.73. The summed E-state index contributed by atoms with van der Waals surface area (Å²) in [6.45, 7) is 3.12. The molecule has 0 aliphatic carbocycles. The van der Waals surface area contributed by atoms with Gasteiger partial charge in [-0.1, -0.05) is 13.3 Å². The first kappa shape index (κ1) is 17.7. The molecule has 0 aliphatic rings. The fourth-order valence-electron chi connectivity index (χ4n) is 2.05. The molecule has 0 unspecified atom stereocenters. The number of nitrogens with zero attached hydrogens (tertiary/aromatic N) is 3. The zero-order chi connectivity index (χ0) is 15.7. The number of rotatable bonds is 11. The van der Waals surface area contributed by atoms with E-state index in [-0.39, 0.29) is 32.8 Å². The van der Waals surface area contributed by atoms with Crippen molar-refractivity contribution in [1.82, 2.24) is 13.9 Å². The third-order valence-electron chi connectivity index (χ3n) is 3.13. The van der Waals surface area contributed by atoms with E-state index in [9.17, 15) is 9.59 Å². The summed E-state index contributed by atoms with van der Waals surface area (Å²) in [6.07, 6.45) is 2.63. The van der Waals surface area contributed by atoms with Gasteiger partial charge in [0.25, 0.3) is 0 Å². The molecular formula is C13H25N3O5. The Balaban J connectivity index is 2.71. The van der Waals surface area contributed by atoms with Gasteiger partial charge in [-0.2, -0.15) is 0 Å². The number of aromatic nitrogens is 3. The zero-order valence-electron chi connectivity index (χ0n) is 12.5. The van der Waals surface area contributed by atoms with Gasteiger partial charge in [0.1, 0.15) is 0 Å². The quantitative estimate of drug-likeness (QED) is 0.511. The van der Waals surface area contributed by atoms with Crippen molar-refractivity contribution >= 4 is 0 Å². The number of ether oxygens (including phenoxy) is 1. The van der Waals surface area contributed by atoms with Crippen molar-refractivity contribution < 1.29 is 14.9 Å². The summed E-state index contributed by atoms with van der Waals surface area (Å²) in [7, 11) is 0. The van der Waals surface area contributed by atoms with Crippen LogP contribution in [0.2, 0.25) is 0 Å². The molecule has 0 aromatic carbocycles. The molecule has 8 heteroatoms. The van der Waals surface area contributed by atoms with Crippen LogP contribution in [0.1, 0.15) is 26.2 Å². The van der Waals surface area contributed by atoms with Crippen molar-refractivity contribution in [2.75, 3.05) is 26.4 Å². The van der Waals surface area contributed by atoms with Crippen LogP contribution in [-0.2, 0) is 24.4 Å². The first-order valence-electron chi connectivity index (χ1n) is 7.37. The average molecular weight is 303 g/mol. The Morgan fingerprint density at radius 1 is 0.905 bits per heavy atom. The van der Waals surface area contributed by atoms with Gasteiger partial charge in [-0.15, -0.1) is 0 Å². The Hall–Kier alpha value is -1.38. The van der Waals surface area contributed by atoms with Gasteiger partial charge in [0.2, 0.25) is 0 Å². The van der Waals surface area contributed by atoms with E-state index in [1.54, 1.807) is 0 Å². The summed E-state index contributed by atoms with van der Waals surface area (Å²) in [5.74, 6) is 0. The molecule has 0 spiro atoms. The van der Waals surface area contributed by atoms with E-state index in [1.165, 1.54) is 0 Å². The van der Waals surface area contributed by atoms with E-state index in [1.807, 2.05) is 0 Å². The van der Waals surface area contributed by atoms with Gasteiger partial charge in [0.15, 0.2) is 0 Å². The van der Waals surface area contributed by atoms with E-state index >= 15 is 0 Å². The molecule has 1 aromatic heterocycles. The molecule has 0 atom stereocenters. The molecule has 21 heavy (non-hydrogen) atoms. The number of hydrogen-bond acceptors (Lipinski definition) is 5. The lowest BCUT2D eigenvalue weighted by molar-refractivity contribution is 0.125. The van der Waals surface area contributed by atoms with Gasteiger partial charge in [-0.05, 0) is 12.8 Å². The summed E-state index contributed by atoms with van der Waals surface area (Å²) in [6, 6.07) is 0. The number of hydrogen-bond donors (Lipinski definition) is 2. The van der Waals surface area contributed by atoms with Crippen LogP contribution in [0.15, 0.2) is 9.59 Å². The summed E-state index contributed by atoms with van der Waals surface area (Å²) in [5, 5.41) is 17.9. The fourth-order valence-corrected chi connectivity index (χ4v) is 2.05. The van der Waals surface area contributed by atoms with Crippen molar-refractivity contribution in [3.8, 4) is 0 Å². The second-order valence-corrected chi connectivity index (χ2v) is 4.73. The minimum Gasteiger partial charge on any atom is -0.394 e. The van der Waals surface area contributed by atoms with Crippen molar-refractivity contribution in [2.45, 2.75) is 45.8 Å². The van der Waals surface area contributed by atoms with Gasteiger partial charge in [-0.3, -0.25) is 0 Å². The molecule has 0 radical (unpaired) electrons. The molecule has 1 heterocycles. The smallest absolute Gasteiger partial charge is 0.347 e. The maximum atomic E-state index is 12.1. The summed E-state index contributed by atoms with van der Waals surface area (Å²) in [4.78, 5) is 24.2. The van der Waals surface area contributed by atoms with Crippen LogP contribution in [0, 0.1) is 0 Å². The predicted octanol–water partition coefficient (Wildman–Crippen LogP) is -0.997. The monoisotopic (exact) mass is 303 g/mol. The molecule has 2 N–H and O–H groups in total. The summed E-state index contributed by atoms with van der Waals surface area (Å²) < 4.78 is 8.84. The number of aliphatic hydroxyl groups is 2. The third-order valence-corrected chi connectivity index (χ3v) is 3.13. The molecule has 0 aliphatic heterocycles. The highest BCUT2D eigenvalue weighted by molar-refractivity contribution is 4.75. The molecule has 122 valence electrons. The van der Waals surface area contributed by atoms with E-state index in [0.717, 1.165) is 26.8 Å². The molecule has 0 saturated heterocycles. The van der Waals surface area contributed by atoms with Crippen molar-refractivity contribution in [1.29, 1.82) is 0 Å². The summed E-state index contributed by atoms with van der Waals surface area (Å²) in [5.41, 5.74) is -0.924. The summed E-state index contributed by atoms with van der Waals surface area (Å²) >= 11 is 0. The highest BCUT2D eigenvalue weighted by Gasteiger charge is 2.14. The van der Waals surface area contributed by atoms with Gasteiger partial charge in [0.05, 0.1) is 26.3 Å². The minimum atomic E-state index is -0.462. The van der Waals surface area contributed by atoms with Crippen LogP contribution in [0.3, 0.4) is 0 Å². The van der Waals surface area contributed by atoms with Gasteiger partial charge in [-0.25, -0.2) is 23.5 Å². The normalized spacial score (nSPS) is 11.2. The third kappa shape index (κ3) is 4.83. The van der Waals surface area contributed by atoms with Crippen LogP contribution in [0.4, 0.5) is 0 Å². The Bertz CT molecular complexity index is 479. The molecule has 1 aromatic rings. The maximum Gasteiger partial charge on any atom is 0.347 e. The van der Waals surface area contributed by atoms with E-state index in [4.69, 9.17) is 14.9 Å². The minimum absolute atomic E-state index is 0.0358. The zero-order valence-corrected chi connectivity index (χ0v) is 12.5. The highest BCUT2D eigenvalue weighted by Crippen LogP contribution is 1.92. The Morgan fingerprint density at radius 3 is 1.90 bits per heavy atom. The first-order valence-corrected chi connectivity index (χ1v) is 7.37. The lowest BCUT2D eigenvalue weighted by Crippen LogP contribution is -2.30. The van der Waals surface area contributed by atoms with Crippen LogP contribution < -0.4 is 11.4 Å². The average Bonchev–Trinajstić information content (AvgIpc) is 2.69. The molecular weight excluding hydrogens is 278 g/mol. The van der Waals surface area contributed by atoms with Gasteiger partial charge < -0.3 is 14.9 Å². The van der Waals surface area contributed by atoms with Crippen LogP contribution >= 0.6 is 0 Å². The van der Waals surface area contributed by atoms with Gasteiger partial charge >= 0.3 is 11.4 Å². The standard InChI is InChI=1S/C13H25N3O5/c1-2-3-10-21-11-4-5-14-12(19)15(6-8-17)16(7-9-18)13(14)20/h17-18H,2-11H2,1H3. The molecule has 0 bridgehead atoms. The van der Waals surface area contributed by atoms with Crippen molar-refractivity contribution in [3.05, 3.63) is 21.0 Å². The second kappa shape index (κ2) is 9.54. The Labute approximate surface area is 123 Å². The predicted molar refractivity (Wildman–Crippen MR) is 77.5 cm³/mol. The molecule has 0 amide bonds. The van der Waals surface area contributed by atoms with Crippen LogP contribution in [-0.4, -0.2) is 50.6 Å². The SMILES string of the molecule is CCCCOCCCn1c(=O)n(CCO)n(CCO)c1=O. The highest BCUT2D eigenvalue weighted by atomic mass is 16.5. The van der Waals surface area contributed by atoms with Crippen molar-refractivity contribution in [3.63, 3.8) is 0 Å². The lowest BCUT2D eigenvalue weighted by Gasteiger charge is -2.05. The molecule has 0 saturated carbocycles. The molecule has 0 fully saturated rings. The topological polar surface area (TPSA) is 98.6 Å². The lowest BCUT2D eigenvalue weighted by atomic mass is 10.4. The number of unbranched alkanes of at least 4 members (excludes halogenated alkanes) is 1. The maximum absolute atomic E-state index is 12.1. The fraction of sp³-hybridized carbons (Fsp3) is 0.846. The Kier molecular flexibility index (Phi) is 8.03.